The van der Waals surface area contributed by atoms with Crippen molar-refractivity contribution in [3.05, 3.63) is 41.7 Å². The van der Waals surface area contributed by atoms with Crippen LogP contribution in [0.2, 0.25) is 0 Å². The van der Waals surface area contributed by atoms with Gasteiger partial charge in [0.15, 0.2) is 5.69 Å². The van der Waals surface area contributed by atoms with Gasteiger partial charge in [0.05, 0.1) is 18.4 Å². The summed E-state index contributed by atoms with van der Waals surface area (Å²) in [5.41, 5.74) is 7.50. The maximum Gasteiger partial charge on any atom is 0.357 e. The second kappa shape index (κ2) is 8.48. The molecule has 2 amide bonds. The number of hydrogen-bond acceptors (Lipinski definition) is 5. The predicted octanol–water partition coefficient (Wildman–Crippen LogP) is 3.17. The summed E-state index contributed by atoms with van der Waals surface area (Å²) in [6.07, 6.45) is 7.03. The van der Waals surface area contributed by atoms with Gasteiger partial charge in [-0.25, -0.2) is 9.59 Å². The maximum absolute atomic E-state index is 12.2. The van der Waals surface area contributed by atoms with Crippen molar-refractivity contribution in [2.75, 3.05) is 18.2 Å². The van der Waals surface area contributed by atoms with E-state index in [4.69, 9.17) is 10.5 Å². The minimum absolute atomic E-state index is 0.0726. The van der Waals surface area contributed by atoms with E-state index in [1.54, 1.807) is 24.3 Å². The second-order valence-electron chi connectivity index (χ2n) is 6.76. The third-order valence-corrected chi connectivity index (χ3v) is 4.89. The highest BCUT2D eigenvalue weighted by Gasteiger charge is 2.21. The highest BCUT2D eigenvalue weighted by Crippen LogP contribution is 2.25. The summed E-state index contributed by atoms with van der Waals surface area (Å²) in [5, 5.41) is 15.0. The van der Waals surface area contributed by atoms with E-state index in [-0.39, 0.29) is 29.0 Å². The number of esters is 1. The highest BCUT2D eigenvalue weighted by molar-refractivity contribution is 5.96. The molecule has 1 aliphatic carbocycles. The Morgan fingerprint density at radius 1 is 1.21 bits per heavy atom. The maximum atomic E-state index is 12.2. The average Bonchev–Trinajstić information content (AvgIpc) is 3.05. The van der Waals surface area contributed by atoms with Crippen molar-refractivity contribution in [1.82, 2.24) is 9.88 Å². The van der Waals surface area contributed by atoms with Crippen LogP contribution in [0.3, 0.4) is 0 Å². The van der Waals surface area contributed by atoms with E-state index in [1.807, 2.05) is 6.07 Å². The minimum Gasteiger partial charge on any atom is -0.464 e. The van der Waals surface area contributed by atoms with Crippen molar-refractivity contribution >= 4 is 23.4 Å². The van der Waals surface area contributed by atoms with Crippen LogP contribution in [0.1, 0.15) is 48.2 Å². The lowest BCUT2D eigenvalue weighted by Crippen LogP contribution is -2.38. The van der Waals surface area contributed by atoms with Gasteiger partial charge in [0.2, 0.25) is 0 Å². The molecule has 0 spiro atoms. The van der Waals surface area contributed by atoms with Gasteiger partial charge in [-0.2, -0.15) is 5.26 Å². The summed E-state index contributed by atoms with van der Waals surface area (Å²) < 4.78 is 6.28. The number of carbonyl (C=O) groups is 2. The van der Waals surface area contributed by atoms with Crippen molar-refractivity contribution in [3.8, 4) is 11.8 Å². The molecule has 1 heterocycles. The first-order chi connectivity index (χ1) is 13.5. The SMILES string of the molecule is COC(=O)c1c(N)c(C#N)cn1-c1ccc(NC(=O)NC2CCCCC2)cc1. The van der Waals surface area contributed by atoms with Gasteiger partial charge >= 0.3 is 12.0 Å². The molecule has 0 aliphatic heterocycles. The number of urea groups is 1. The third-order valence-electron chi connectivity index (χ3n) is 4.89. The van der Waals surface area contributed by atoms with E-state index in [9.17, 15) is 14.9 Å². The van der Waals surface area contributed by atoms with Gasteiger partial charge in [-0.3, -0.25) is 0 Å². The van der Waals surface area contributed by atoms with Crippen molar-refractivity contribution in [3.63, 3.8) is 0 Å². The number of rotatable bonds is 4. The number of nitrogens with one attached hydrogen (secondary N) is 2. The lowest BCUT2D eigenvalue weighted by molar-refractivity contribution is 0.0593. The van der Waals surface area contributed by atoms with Gasteiger partial charge in [-0.05, 0) is 37.1 Å². The number of methoxy groups -OCH3 is 1. The van der Waals surface area contributed by atoms with Crippen LogP contribution < -0.4 is 16.4 Å². The first kappa shape index (κ1) is 19.3. The Hall–Kier alpha value is -3.47. The lowest BCUT2D eigenvalue weighted by atomic mass is 9.96. The van der Waals surface area contributed by atoms with Crippen molar-refractivity contribution < 1.29 is 14.3 Å². The van der Waals surface area contributed by atoms with Crippen molar-refractivity contribution in [2.45, 2.75) is 38.1 Å². The van der Waals surface area contributed by atoms with E-state index >= 15 is 0 Å². The van der Waals surface area contributed by atoms with Crippen molar-refractivity contribution in [2.24, 2.45) is 0 Å². The van der Waals surface area contributed by atoms with Gasteiger partial charge in [0.1, 0.15) is 6.07 Å². The van der Waals surface area contributed by atoms with E-state index < -0.39 is 5.97 Å². The summed E-state index contributed by atoms with van der Waals surface area (Å²) in [5.74, 6) is -0.631. The van der Waals surface area contributed by atoms with Crippen LogP contribution in [0.4, 0.5) is 16.2 Å². The Bertz CT molecular complexity index is 905. The highest BCUT2D eigenvalue weighted by atomic mass is 16.5. The topological polar surface area (TPSA) is 122 Å². The zero-order valence-electron chi connectivity index (χ0n) is 15.7. The van der Waals surface area contributed by atoms with Crippen LogP contribution in [0.5, 0.6) is 0 Å². The molecule has 8 nitrogen and oxygen atoms in total. The van der Waals surface area contributed by atoms with E-state index in [2.05, 4.69) is 10.6 Å². The average molecular weight is 381 g/mol. The van der Waals surface area contributed by atoms with Gasteiger partial charge in [0.25, 0.3) is 0 Å². The molecule has 1 saturated carbocycles. The number of ether oxygens (including phenoxy) is 1. The van der Waals surface area contributed by atoms with Gasteiger partial charge in [-0.1, -0.05) is 19.3 Å². The molecule has 4 N–H and O–H groups in total. The Balaban J connectivity index is 1.75. The molecule has 0 unspecified atom stereocenters. The fraction of sp³-hybridized carbons (Fsp3) is 0.350. The van der Waals surface area contributed by atoms with Gasteiger partial charge in [0, 0.05) is 23.6 Å². The van der Waals surface area contributed by atoms with Crippen LogP contribution in [-0.4, -0.2) is 29.7 Å². The molecule has 2 aromatic rings. The van der Waals surface area contributed by atoms with E-state index in [0.717, 1.165) is 25.7 Å². The summed E-state index contributed by atoms with van der Waals surface area (Å²) in [4.78, 5) is 24.2. The van der Waals surface area contributed by atoms with Crippen LogP contribution in [0.25, 0.3) is 5.69 Å². The number of amides is 2. The largest absolute Gasteiger partial charge is 0.464 e. The molecule has 3 rings (SSSR count). The number of nitrogens with two attached hydrogens (primary N) is 1. The van der Waals surface area contributed by atoms with Crippen molar-refractivity contribution in [1.29, 1.82) is 5.26 Å². The number of nitriles is 1. The molecule has 1 aliphatic rings. The normalized spacial score (nSPS) is 14.1. The molecule has 28 heavy (non-hydrogen) atoms. The molecule has 0 bridgehead atoms. The Morgan fingerprint density at radius 3 is 2.50 bits per heavy atom. The smallest absolute Gasteiger partial charge is 0.357 e. The predicted molar refractivity (Wildman–Crippen MR) is 105 cm³/mol. The monoisotopic (exact) mass is 381 g/mol. The third kappa shape index (κ3) is 4.09. The first-order valence-corrected chi connectivity index (χ1v) is 9.20. The Kier molecular flexibility index (Phi) is 5.84. The number of nitrogen functional groups attached to an aromatic ring is 1. The summed E-state index contributed by atoms with van der Waals surface area (Å²) >= 11 is 0. The number of anilines is 2. The fourth-order valence-electron chi connectivity index (χ4n) is 3.42. The quantitative estimate of drug-likeness (QED) is 0.702. The molecule has 1 fully saturated rings. The number of benzene rings is 1. The van der Waals surface area contributed by atoms with Crippen LogP contribution in [0, 0.1) is 11.3 Å². The Morgan fingerprint density at radius 2 is 1.89 bits per heavy atom. The molecule has 0 radical (unpaired) electrons. The van der Waals surface area contributed by atoms with E-state index in [0.29, 0.717) is 11.4 Å². The molecule has 146 valence electrons. The fourth-order valence-corrected chi connectivity index (χ4v) is 3.42. The lowest BCUT2D eigenvalue weighted by Gasteiger charge is -2.22. The molecule has 1 aromatic heterocycles. The van der Waals surface area contributed by atoms with Crippen LogP contribution in [-0.2, 0) is 4.74 Å². The second-order valence-corrected chi connectivity index (χ2v) is 6.76. The first-order valence-electron chi connectivity index (χ1n) is 9.20. The zero-order chi connectivity index (χ0) is 20.1. The summed E-state index contributed by atoms with van der Waals surface area (Å²) in [7, 11) is 1.25. The number of nitrogens with zero attached hydrogens (tertiary/aromatic N) is 2. The van der Waals surface area contributed by atoms with Gasteiger partial charge < -0.3 is 25.7 Å². The molecule has 0 saturated heterocycles. The summed E-state index contributed by atoms with van der Waals surface area (Å²) in [6, 6.07) is 8.85. The molecule has 1 aromatic carbocycles. The molecule has 0 atom stereocenters. The molecule has 8 heteroatoms. The molecular weight excluding hydrogens is 358 g/mol. The zero-order valence-corrected chi connectivity index (χ0v) is 15.7. The number of carbonyl (C=O) groups excluding carboxylic acids is 2. The summed E-state index contributed by atoms with van der Waals surface area (Å²) in [6.45, 7) is 0. The number of aromatic nitrogens is 1. The minimum atomic E-state index is -0.631. The Labute approximate surface area is 163 Å². The van der Waals surface area contributed by atoms with Crippen LogP contribution in [0.15, 0.2) is 30.5 Å². The van der Waals surface area contributed by atoms with Crippen LogP contribution >= 0.6 is 0 Å². The standard InChI is InChI=1S/C20H23N5O3/c1-28-19(26)18-17(22)13(11-21)12-25(18)16-9-7-15(8-10-16)24-20(27)23-14-5-3-2-4-6-14/h7-10,12,14H,2-6,22H2,1H3,(H2,23,24,27). The van der Waals surface area contributed by atoms with E-state index in [1.165, 1.54) is 24.3 Å². The molecular formula is C20H23N5O3. The number of hydrogen-bond donors (Lipinski definition) is 3. The van der Waals surface area contributed by atoms with Gasteiger partial charge in [-0.15, -0.1) is 0 Å².